The van der Waals surface area contributed by atoms with Crippen LogP contribution in [-0.2, 0) is 18.4 Å². The number of likely N-dealkylation sites (tertiary alicyclic amines) is 1. The lowest BCUT2D eigenvalue weighted by molar-refractivity contribution is -0.122. The topological polar surface area (TPSA) is 23.5 Å². The normalized spacial score (nSPS) is 28.1. The average molecular weight is 323 g/mol. The molecule has 0 spiro atoms. The monoisotopic (exact) mass is 323 g/mol. The standard InChI is InChI=1S/C19H27F2NO/c1-5-13-15(20)10-16(21)14-11-18(2,3)19(23,17(13)14)12-6-8-22(4)9-7-12/h10,12,23H,5-9,11H2,1-4H3. The number of rotatable bonds is 2. The molecule has 128 valence electrons. The number of aliphatic hydroxyl groups is 1. The fourth-order valence-corrected chi connectivity index (χ4v) is 4.78. The predicted octanol–water partition coefficient (Wildman–Crippen LogP) is 3.64. The average Bonchev–Trinajstić information content (AvgIpc) is 2.70. The highest BCUT2D eigenvalue weighted by molar-refractivity contribution is 5.48. The minimum absolute atomic E-state index is 0.0430. The van der Waals surface area contributed by atoms with Crippen molar-refractivity contribution in [3.05, 3.63) is 34.4 Å². The van der Waals surface area contributed by atoms with Gasteiger partial charge in [0.1, 0.15) is 11.6 Å². The molecule has 1 aliphatic carbocycles. The van der Waals surface area contributed by atoms with Crippen molar-refractivity contribution in [3.8, 4) is 0 Å². The summed E-state index contributed by atoms with van der Waals surface area (Å²) in [6.45, 7) is 7.68. The van der Waals surface area contributed by atoms with E-state index in [1.54, 1.807) is 0 Å². The van der Waals surface area contributed by atoms with Gasteiger partial charge >= 0.3 is 0 Å². The van der Waals surface area contributed by atoms with Gasteiger partial charge in [0.25, 0.3) is 0 Å². The number of hydrogen-bond donors (Lipinski definition) is 1. The van der Waals surface area contributed by atoms with E-state index in [9.17, 15) is 13.9 Å². The van der Waals surface area contributed by atoms with Crippen molar-refractivity contribution in [3.63, 3.8) is 0 Å². The van der Waals surface area contributed by atoms with Crippen LogP contribution in [0.25, 0.3) is 0 Å². The molecule has 4 heteroatoms. The second kappa shape index (κ2) is 5.52. The molecule has 3 rings (SSSR count). The number of halogens is 2. The van der Waals surface area contributed by atoms with E-state index in [-0.39, 0.29) is 5.92 Å². The first-order valence-corrected chi connectivity index (χ1v) is 8.63. The van der Waals surface area contributed by atoms with Gasteiger partial charge in [-0.1, -0.05) is 20.8 Å². The molecule has 1 aliphatic heterocycles. The fourth-order valence-electron chi connectivity index (χ4n) is 4.78. The summed E-state index contributed by atoms with van der Waals surface area (Å²) >= 11 is 0. The Hall–Kier alpha value is -1.00. The fraction of sp³-hybridized carbons (Fsp3) is 0.684. The molecule has 0 saturated carbocycles. The second-order valence-corrected chi connectivity index (χ2v) is 7.93. The lowest BCUT2D eigenvalue weighted by Gasteiger charge is -2.47. The molecular weight excluding hydrogens is 296 g/mol. The first-order chi connectivity index (χ1) is 10.7. The van der Waals surface area contributed by atoms with Crippen LogP contribution in [-0.4, -0.2) is 30.1 Å². The number of nitrogens with zero attached hydrogens (tertiary/aromatic N) is 1. The van der Waals surface area contributed by atoms with Gasteiger partial charge in [0, 0.05) is 11.5 Å². The first kappa shape index (κ1) is 16.8. The van der Waals surface area contributed by atoms with Crippen molar-refractivity contribution < 1.29 is 13.9 Å². The van der Waals surface area contributed by atoms with E-state index < -0.39 is 22.7 Å². The van der Waals surface area contributed by atoms with Crippen LogP contribution in [0.1, 0.15) is 50.3 Å². The van der Waals surface area contributed by atoms with Gasteiger partial charge in [0.2, 0.25) is 0 Å². The zero-order valence-corrected chi connectivity index (χ0v) is 14.5. The smallest absolute Gasteiger partial charge is 0.129 e. The molecule has 1 saturated heterocycles. The minimum atomic E-state index is -1.15. The van der Waals surface area contributed by atoms with E-state index in [2.05, 4.69) is 11.9 Å². The summed E-state index contributed by atoms with van der Waals surface area (Å²) in [6.07, 6.45) is 2.65. The van der Waals surface area contributed by atoms with E-state index in [0.717, 1.165) is 32.0 Å². The Labute approximate surface area is 137 Å². The Kier molecular flexibility index (Phi) is 4.04. The minimum Gasteiger partial charge on any atom is -0.384 e. The largest absolute Gasteiger partial charge is 0.384 e. The molecular formula is C19H27F2NO. The van der Waals surface area contributed by atoms with Gasteiger partial charge in [0.15, 0.2) is 0 Å². The Morgan fingerprint density at radius 2 is 1.83 bits per heavy atom. The summed E-state index contributed by atoms with van der Waals surface area (Å²) < 4.78 is 28.8. The molecule has 1 aromatic rings. The third kappa shape index (κ3) is 2.33. The first-order valence-electron chi connectivity index (χ1n) is 8.63. The summed E-state index contributed by atoms with van der Waals surface area (Å²) in [5.41, 5.74) is -0.0769. The maximum Gasteiger partial charge on any atom is 0.129 e. The van der Waals surface area contributed by atoms with E-state index in [0.29, 0.717) is 29.5 Å². The zero-order chi connectivity index (χ0) is 17.0. The third-order valence-corrected chi connectivity index (χ3v) is 6.13. The van der Waals surface area contributed by atoms with E-state index in [1.165, 1.54) is 0 Å². The molecule has 1 fully saturated rings. The van der Waals surface area contributed by atoms with E-state index >= 15 is 0 Å². The predicted molar refractivity (Wildman–Crippen MR) is 87.3 cm³/mol. The maximum absolute atomic E-state index is 14.4. The van der Waals surface area contributed by atoms with Gasteiger partial charge in [0.05, 0.1) is 5.60 Å². The van der Waals surface area contributed by atoms with Crippen LogP contribution in [0.3, 0.4) is 0 Å². The molecule has 1 unspecified atom stereocenters. The Morgan fingerprint density at radius 3 is 2.39 bits per heavy atom. The molecule has 0 amide bonds. The summed E-state index contributed by atoms with van der Waals surface area (Å²) in [5, 5.41) is 11.8. The van der Waals surface area contributed by atoms with Crippen molar-refractivity contribution in [2.24, 2.45) is 11.3 Å². The van der Waals surface area contributed by atoms with Gasteiger partial charge in [-0.25, -0.2) is 8.78 Å². The number of benzene rings is 1. The number of piperidine rings is 1. The van der Waals surface area contributed by atoms with Crippen molar-refractivity contribution in [1.82, 2.24) is 4.90 Å². The van der Waals surface area contributed by atoms with Crippen LogP contribution in [0.15, 0.2) is 6.07 Å². The van der Waals surface area contributed by atoms with Gasteiger partial charge in [-0.15, -0.1) is 0 Å². The quantitative estimate of drug-likeness (QED) is 0.898. The Bertz CT molecular complexity index is 620. The van der Waals surface area contributed by atoms with Crippen molar-refractivity contribution >= 4 is 0 Å². The summed E-state index contributed by atoms with van der Waals surface area (Å²) in [6, 6.07) is 0.994. The summed E-state index contributed by atoms with van der Waals surface area (Å²) in [4.78, 5) is 2.25. The molecule has 0 bridgehead atoms. The van der Waals surface area contributed by atoms with Gasteiger partial charge < -0.3 is 10.0 Å². The molecule has 0 radical (unpaired) electrons. The van der Waals surface area contributed by atoms with E-state index in [4.69, 9.17) is 0 Å². The van der Waals surface area contributed by atoms with Gasteiger partial charge in [-0.3, -0.25) is 0 Å². The van der Waals surface area contributed by atoms with Crippen LogP contribution >= 0.6 is 0 Å². The SMILES string of the molecule is CCc1c(F)cc(F)c2c1C(O)(C1CCN(C)CC1)C(C)(C)C2. The third-order valence-electron chi connectivity index (χ3n) is 6.13. The number of fused-ring (bicyclic) bond motifs is 1. The van der Waals surface area contributed by atoms with Crippen LogP contribution in [0.4, 0.5) is 8.78 Å². The van der Waals surface area contributed by atoms with Gasteiger partial charge in [-0.05, 0) is 68.4 Å². The lowest BCUT2D eigenvalue weighted by atomic mass is 9.64. The lowest BCUT2D eigenvalue weighted by Crippen LogP contribution is -2.49. The molecule has 0 aromatic heterocycles. The molecule has 2 aliphatic rings. The second-order valence-electron chi connectivity index (χ2n) is 7.93. The van der Waals surface area contributed by atoms with Crippen molar-refractivity contribution in [2.75, 3.05) is 20.1 Å². The maximum atomic E-state index is 14.4. The summed E-state index contributed by atoms with van der Waals surface area (Å²) in [5.74, 6) is -0.985. The van der Waals surface area contributed by atoms with Crippen LogP contribution in [0.5, 0.6) is 0 Å². The molecule has 23 heavy (non-hydrogen) atoms. The summed E-state index contributed by atoms with van der Waals surface area (Å²) in [7, 11) is 2.07. The Morgan fingerprint density at radius 1 is 1.22 bits per heavy atom. The zero-order valence-electron chi connectivity index (χ0n) is 14.5. The van der Waals surface area contributed by atoms with Crippen LogP contribution < -0.4 is 0 Å². The van der Waals surface area contributed by atoms with Gasteiger partial charge in [-0.2, -0.15) is 0 Å². The highest BCUT2D eigenvalue weighted by Crippen LogP contribution is 2.57. The van der Waals surface area contributed by atoms with Crippen LogP contribution in [0.2, 0.25) is 0 Å². The number of hydrogen-bond acceptors (Lipinski definition) is 2. The molecule has 1 heterocycles. The van der Waals surface area contributed by atoms with Crippen molar-refractivity contribution in [2.45, 2.75) is 52.1 Å². The van der Waals surface area contributed by atoms with Crippen molar-refractivity contribution in [1.29, 1.82) is 0 Å². The molecule has 1 aromatic carbocycles. The Balaban J connectivity index is 2.18. The molecule has 1 N–H and O–H groups in total. The highest BCUT2D eigenvalue weighted by atomic mass is 19.1. The molecule has 1 atom stereocenters. The molecule has 2 nitrogen and oxygen atoms in total. The van der Waals surface area contributed by atoms with Crippen LogP contribution in [0, 0.1) is 23.0 Å². The van der Waals surface area contributed by atoms with E-state index in [1.807, 2.05) is 20.8 Å². The highest BCUT2D eigenvalue weighted by Gasteiger charge is 2.57.